The van der Waals surface area contributed by atoms with Crippen molar-refractivity contribution in [3.63, 3.8) is 0 Å². The fraction of sp³-hybridized carbons (Fsp3) is 0.385. The van der Waals surface area contributed by atoms with Crippen molar-refractivity contribution in [1.82, 2.24) is 0 Å². The zero-order valence-corrected chi connectivity index (χ0v) is 8.89. The molecular formula is C13H15F. The lowest BCUT2D eigenvalue weighted by atomic mass is 10.1. The van der Waals surface area contributed by atoms with Crippen LogP contribution < -0.4 is 0 Å². The molecule has 0 N–H and O–H groups in total. The molecule has 0 aromatic heterocycles. The van der Waals surface area contributed by atoms with E-state index in [1.807, 2.05) is 0 Å². The van der Waals surface area contributed by atoms with E-state index in [9.17, 15) is 4.39 Å². The van der Waals surface area contributed by atoms with Crippen LogP contribution in [0.5, 0.6) is 0 Å². The minimum atomic E-state index is -0.167. The Hall–Kier alpha value is -1.29. The van der Waals surface area contributed by atoms with E-state index in [-0.39, 0.29) is 5.82 Å². The van der Waals surface area contributed by atoms with Crippen LogP contribution in [0.3, 0.4) is 0 Å². The molecule has 0 fully saturated rings. The molecule has 1 aromatic rings. The molecule has 0 saturated heterocycles. The quantitative estimate of drug-likeness (QED) is 0.594. The average Bonchev–Trinajstić information content (AvgIpc) is 2.10. The lowest BCUT2D eigenvalue weighted by Gasteiger charge is -1.96. The highest BCUT2D eigenvalue weighted by atomic mass is 19.1. The first-order chi connectivity index (χ1) is 6.59. The highest BCUT2D eigenvalue weighted by Crippen LogP contribution is 2.08. The molecule has 0 atom stereocenters. The minimum Gasteiger partial charge on any atom is -0.207 e. The van der Waals surface area contributed by atoms with Gasteiger partial charge in [0.2, 0.25) is 0 Å². The van der Waals surface area contributed by atoms with Gasteiger partial charge >= 0.3 is 0 Å². The lowest BCUT2D eigenvalue weighted by Crippen LogP contribution is -1.85. The molecule has 1 heteroatoms. The molecule has 0 aliphatic heterocycles. The van der Waals surface area contributed by atoms with Crippen molar-refractivity contribution in [2.24, 2.45) is 5.92 Å². The molecule has 0 bridgehead atoms. The summed E-state index contributed by atoms with van der Waals surface area (Å²) in [5.41, 5.74) is 1.55. The van der Waals surface area contributed by atoms with Crippen molar-refractivity contribution < 1.29 is 4.39 Å². The summed E-state index contributed by atoms with van der Waals surface area (Å²) < 4.78 is 12.9. The molecule has 0 unspecified atom stereocenters. The Bertz CT molecular complexity index is 367. The van der Waals surface area contributed by atoms with Gasteiger partial charge in [-0.2, -0.15) is 0 Å². The molecule has 74 valence electrons. The van der Waals surface area contributed by atoms with Gasteiger partial charge in [-0.1, -0.05) is 25.7 Å². The molecule has 1 aromatic carbocycles. The van der Waals surface area contributed by atoms with E-state index >= 15 is 0 Å². The zero-order valence-electron chi connectivity index (χ0n) is 8.89. The molecule has 14 heavy (non-hydrogen) atoms. The highest BCUT2D eigenvalue weighted by Gasteiger charge is 1.95. The van der Waals surface area contributed by atoms with E-state index in [2.05, 4.69) is 25.7 Å². The summed E-state index contributed by atoms with van der Waals surface area (Å²) in [4.78, 5) is 0. The average molecular weight is 190 g/mol. The summed E-state index contributed by atoms with van der Waals surface area (Å²) in [6.45, 7) is 6.01. The van der Waals surface area contributed by atoms with Crippen molar-refractivity contribution >= 4 is 0 Å². The van der Waals surface area contributed by atoms with Gasteiger partial charge in [-0.25, -0.2) is 4.39 Å². The zero-order chi connectivity index (χ0) is 10.6. The molecular weight excluding hydrogens is 175 g/mol. The fourth-order valence-electron chi connectivity index (χ4n) is 1.08. The molecule has 0 spiro atoms. The SMILES string of the molecule is Cc1cc(C#CCC(C)C)ccc1F. The topological polar surface area (TPSA) is 0 Å². The second-order valence-corrected chi connectivity index (χ2v) is 3.86. The van der Waals surface area contributed by atoms with E-state index in [1.165, 1.54) is 6.07 Å². The monoisotopic (exact) mass is 190 g/mol. The Balaban J connectivity index is 2.76. The van der Waals surface area contributed by atoms with Crippen LogP contribution in [0.2, 0.25) is 0 Å². The van der Waals surface area contributed by atoms with E-state index in [4.69, 9.17) is 0 Å². The minimum absolute atomic E-state index is 0.167. The smallest absolute Gasteiger partial charge is 0.126 e. The van der Waals surface area contributed by atoms with E-state index in [0.717, 1.165) is 12.0 Å². The summed E-state index contributed by atoms with van der Waals surface area (Å²) in [6, 6.07) is 4.97. The molecule has 0 amide bonds. The van der Waals surface area contributed by atoms with Crippen molar-refractivity contribution in [3.05, 3.63) is 35.1 Å². The van der Waals surface area contributed by atoms with Gasteiger partial charge in [-0.05, 0) is 36.6 Å². The molecule has 0 aliphatic carbocycles. The van der Waals surface area contributed by atoms with Crippen LogP contribution in [-0.2, 0) is 0 Å². The number of rotatable bonds is 1. The number of hydrogen-bond donors (Lipinski definition) is 0. The Morgan fingerprint density at radius 1 is 1.36 bits per heavy atom. The Labute approximate surface area is 85.2 Å². The van der Waals surface area contributed by atoms with Crippen LogP contribution in [0.25, 0.3) is 0 Å². The molecule has 0 nitrogen and oxygen atoms in total. The van der Waals surface area contributed by atoms with Crippen LogP contribution in [0, 0.1) is 30.5 Å². The second-order valence-electron chi connectivity index (χ2n) is 3.86. The van der Waals surface area contributed by atoms with Crippen molar-refractivity contribution in [2.75, 3.05) is 0 Å². The Kier molecular flexibility index (Phi) is 3.71. The Morgan fingerprint density at radius 2 is 2.07 bits per heavy atom. The maximum absolute atomic E-state index is 12.9. The van der Waals surface area contributed by atoms with Gasteiger partial charge in [0.05, 0.1) is 0 Å². The lowest BCUT2D eigenvalue weighted by molar-refractivity contribution is 0.618. The van der Waals surface area contributed by atoms with Gasteiger partial charge in [0.15, 0.2) is 0 Å². The summed E-state index contributed by atoms with van der Waals surface area (Å²) in [5.74, 6) is 6.52. The summed E-state index contributed by atoms with van der Waals surface area (Å²) in [6.07, 6.45) is 0.885. The first-order valence-corrected chi connectivity index (χ1v) is 4.84. The second kappa shape index (κ2) is 4.81. The van der Waals surface area contributed by atoms with Crippen molar-refractivity contribution in [3.8, 4) is 11.8 Å². The Morgan fingerprint density at radius 3 is 2.64 bits per heavy atom. The largest absolute Gasteiger partial charge is 0.207 e. The van der Waals surface area contributed by atoms with Crippen molar-refractivity contribution in [2.45, 2.75) is 27.2 Å². The number of halogens is 1. The van der Waals surface area contributed by atoms with Crippen LogP contribution in [0.15, 0.2) is 18.2 Å². The van der Waals surface area contributed by atoms with E-state index in [0.29, 0.717) is 11.5 Å². The van der Waals surface area contributed by atoms with E-state index < -0.39 is 0 Å². The first kappa shape index (κ1) is 10.8. The predicted molar refractivity (Wildman–Crippen MR) is 57.5 cm³/mol. The highest BCUT2D eigenvalue weighted by molar-refractivity contribution is 5.37. The van der Waals surface area contributed by atoms with Crippen LogP contribution in [0.4, 0.5) is 4.39 Å². The first-order valence-electron chi connectivity index (χ1n) is 4.84. The van der Waals surface area contributed by atoms with E-state index in [1.54, 1.807) is 19.1 Å². The third-order valence-corrected chi connectivity index (χ3v) is 1.90. The summed E-state index contributed by atoms with van der Waals surface area (Å²) >= 11 is 0. The van der Waals surface area contributed by atoms with Gasteiger partial charge in [-0.15, -0.1) is 0 Å². The predicted octanol–water partition coefficient (Wildman–Crippen LogP) is 3.53. The van der Waals surface area contributed by atoms with Crippen LogP contribution >= 0.6 is 0 Å². The third kappa shape index (κ3) is 3.22. The molecule has 0 saturated carbocycles. The van der Waals surface area contributed by atoms with Crippen LogP contribution in [0.1, 0.15) is 31.4 Å². The van der Waals surface area contributed by atoms with Gasteiger partial charge < -0.3 is 0 Å². The summed E-state index contributed by atoms with van der Waals surface area (Å²) in [5, 5.41) is 0. The number of aryl methyl sites for hydroxylation is 1. The normalized spacial score (nSPS) is 9.79. The fourth-order valence-corrected chi connectivity index (χ4v) is 1.08. The van der Waals surface area contributed by atoms with Gasteiger partial charge in [0.1, 0.15) is 5.82 Å². The van der Waals surface area contributed by atoms with Gasteiger partial charge in [0, 0.05) is 12.0 Å². The maximum Gasteiger partial charge on any atom is 0.126 e. The molecule has 1 rings (SSSR count). The van der Waals surface area contributed by atoms with Crippen LogP contribution in [-0.4, -0.2) is 0 Å². The standard InChI is InChI=1S/C13H15F/c1-10(2)5-4-6-12-7-8-13(14)11(3)9-12/h7-10H,5H2,1-3H3. The van der Waals surface area contributed by atoms with Gasteiger partial charge in [0.25, 0.3) is 0 Å². The third-order valence-electron chi connectivity index (χ3n) is 1.90. The molecule has 0 radical (unpaired) electrons. The van der Waals surface area contributed by atoms with Crippen molar-refractivity contribution in [1.29, 1.82) is 0 Å². The summed E-state index contributed by atoms with van der Waals surface area (Å²) in [7, 11) is 0. The molecule has 0 aliphatic rings. The number of benzene rings is 1. The number of hydrogen-bond acceptors (Lipinski definition) is 0. The van der Waals surface area contributed by atoms with Gasteiger partial charge in [-0.3, -0.25) is 0 Å². The molecule has 0 heterocycles. The maximum atomic E-state index is 12.9.